The van der Waals surface area contributed by atoms with Crippen molar-refractivity contribution in [3.8, 4) is 5.75 Å². The molecule has 0 bridgehead atoms. The van der Waals surface area contributed by atoms with E-state index in [1.807, 2.05) is 0 Å². The number of benzene rings is 1. The quantitative estimate of drug-likeness (QED) is 0.779. The van der Waals surface area contributed by atoms with E-state index in [4.69, 9.17) is 9.84 Å². The minimum Gasteiger partial charge on any atom is -0.492 e. The molecule has 90 valence electrons. The lowest BCUT2D eigenvalue weighted by molar-refractivity contribution is 0.273. The first-order valence-electron chi connectivity index (χ1n) is 5.43. The number of unbranched alkanes of at least 4 members (excludes halogenated alkanes) is 3. The number of aliphatic hydroxyl groups is 1. The fraction of sp³-hybridized carbons (Fsp3) is 0.500. The van der Waals surface area contributed by atoms with E-state index in [1.54, 1.807) is 6.07 Å². The zero-order valence-electron chi connectivity index (χ0n) is 9.09. The molecule has 4 heteroatoms. The Morgan fingerprint density at radius 3 is 2.62 bits per heavy atom. The Hall–Kier alpha value is -0.610. The van der Waals surface area contributed by atoms with Gasteiger partial charge in [0.2, 0.25) is 0 Å². The van der Waals surface area contributed by atoms with Crippen molar-refractivity contribution in [1.82, 2.24) is 0 Å². The number of ether oxygens (including phenoxy) is 1. The average Bonchev–Trinajstić information content (AvgIpc) is 2.26. The normalized spacial score (nSPS) is 10.4. The third-order valence-electron chi connectivity index (χ3n) is 2.20. The highest BCUT2D eigenvalue weighted by Crippen LogP contribution is 2.25. The van der Waals surface area contributed by atoms with Crippen LogP contribution in [0, 0.1) is 5.82 Å². The second kappa shape index (κ2) is 7.63. The molecule has 0 atom stereocenters. The fourth-order valence-corrected chi connectivity index (χ4v) is 1.81. The molecule has 1 rings (SSSR count). The van der Waals surface area contributed by atoms with Crippen LogP contribution in [0.15, 0.2) is 22.7 Å². The molecule has 0 radical (unpaired) electrons. The molecule has 0 aliphatic rings. The van der Waals surface area contributed by atoms with Crippen molar-refractivity contribution in [2.45, 2.75) is 25.7 Å². The monoisotopic (exact) mass is 290 g/mol. The molecule has 1 aromatic carbocycles. The van der Waals surface area contributed by atoms with Crippen molar-refractivity contribution in [1.29, 1.82) is 0 Å². The Bertz CT molecular complexity index is 318. The van der Waals surface area contributed by atoms with Crippen LogP contribution in [0.2, 0.25) is 0 Å². The van der Waals surface area contributed by atoms with Gasteiger partial charge in [0.05, 0.1) is 11.1 Å². The van der Waals surface area contributed by atoms with E-state index >= 15 is 0 Å². The predicted octanol–water partition coefficient (Wildman–Crippen LogP) is 3.52. The Morgan fingerprint density at radius 1 is 1.19 bits per heavy atom. The Morgan fingerprint density at radius 2 is 1.94 bits per heavy atom. The smallest absolute Gasteiger partial charge is 0.133 e. The molecule has 0 spiro atoms. The van der Waals surface area contributed by atoms with Gasteiger partial charge in [0.1, 0.15) is 11.6 Å². The second-order valence-corrected chi connectivity index (χ2v) is 4.42. The van der Waals surface area contributed by atoms with Crippen LogP contribution in [0.5, 0.6) is 5.75 Å². The van der Waals surface area contributed by atoms with E-state index in [9.17, 15) is 4.39 Å². The molecule has 0 aromatic heterocycles. The molecule has 2 nitrogen and oxygen atoms in total. The van der Waals surface area contributed by atoms with Gasteiger partial charge in [0.15, 0.2) is 0 Å². The van der Waals surface area contributed by atoms with Crippen LogP contribution in [-0.4, -0.2) is 18.3 Å². The third-order valence-corrected chi connectivity index (χ3v) is 2.82. The molecule has 0 amide bonds. The van der Waals surface area contributed by atoms with Gasteiger partial charge in [-0.15, -0.1) is 0 Å². The number of hydrogen-bond donors (Lipinski definition) is 1. The molecule has 0 heterocycles. The van der Waals surface area contributed by atoms with Gasteiger partial charge in [-0.25, -0.2) is 4.39 Å². The molecule has 0 aliphatic heterocycles. The summed E-state index contributed by atoms with van der Waals surface area (Å²) >= 11 is 3.24. The number of rotatable bonds is 7. The average molecular weight is 291 g/mol. The van der Waals surface area contributed by atoms with E-state index in [2.05, 4.69) is 15.9 Å². The van der Waals surface area contributed by atoms with Crippen molar-refractivity contribution >= 4 is 15.9 Å². The first-order valence-corrected chi connectivity index (χ1v) is 6.22. The van der Waals surface area contributed by atoms with Crippen molar-refractivity contribution in [3.05, 3.63) is 28.5 Å². The first kappa shape index (κ1) is 13.5. The lowest BCUT2D eigenvalue weighted by Crippen LogP contribution is -1.98. The summed E-state index contributed by atoms with van der Waals surface area (Å²) in [5.74, 6) is 0.394. The highest BCUT2D eigenvalue weighted by atomic mass is 79.9. The molecular weight excluding hydrogens is 275 g/mol. The lowest BCUT2D eigenvalue weighted by Gasteiger charge is -2.07. The summed E-state index contributed by atoms with van der Waals surface area (Å²) in [4.78, 5) is 0. The van der Waals surface area contributed by atoms with Gasteiger partial charge in [-0.2, -0.15) is 0 Å². The van der Waals surface area contributed by atoms with Gasteiger partial charge in [-0.1, -0.05) is 6.42 Å². The van der Waals surface area contributed by atoms with Gasteiger partial charge in [0.25, 0.3) is 0 Å². The zero-order chi connectivity index (χ0) is 11.8. The third kappa shape index (κ3) is 4.94. The number of hydrogen-bond acceptors (Lipinski definition) is 2. The molecule has 16 heavy (non-hydrogen) atoms. The minimum atomic E-state index is -0.276. The van der Waals surface area contributed by atoms with E-state index in [0.29, 0.717) is 16.8 Å². The number of halogens is 2. The summed E-state index contributed by atoms with van der Waals surface area (Å²) < 4.78 is 18.9. The maximum absolute atomic E-state index is 12.8. The topological polar surface area (TPSA) is 29.5 Å². The van der Waals surface area contributed by atoms with Crippen LogP contribution in [-0.2, 0) is 0 Å². The lowest BCUT2D eigenvalue weighted by atomic mass is 10.2. The zero-order valence-corrected chi connectivity index (χ0v) is 10.7. The molecule has 0 aliphatic carbocycles. The van der Waals surface area contributed by atoms with Crippen molar-refractivity contribution in [3.63, 3.8) is 0 Å². The highest BCUT2D eigenvalue weighted by Gasteiger charge is 2.01. The summed E-state index contributed by atoms with van der Waals surface area (Å²) in [6.07, 6.45) is 3.86. The maximum Gasteiger partial charge on any atom is 0.133 e. The number of aliphatic hydroxyl groups excluding tert-OH is 1. The Kier molecular flexibility index (Phi) is 6.42. The molecule has 0 unspecified atom stereocenters. The van der Waals surface area contributed by atoms with Gasteiger partial charge in [0, 0.05) is 6.61 Å². The van der Waals surface area contributed by atoms with Gasteiger partial charge in [-0.05, 0) is 53.4 Å². The SMILES string of the molecule is OCCCCCCOc1ccc(F)cc1Br. The maximum atomic E-state index is 12.8. The second-order valence-electron chi connectivity index (χ2n) is 3.56. The van der Waals surface area contributed by atoms with Gasteiger partial charge < -0.3 is 9.84 Å². The van der Waals surface area contributed by atoms with E-state index in [-0.39, 0.29) is 12.4 Å². The van der Waals surface area contributed by atoms with Crippen molar-refractivity contribution < 1.29 is 14.2 Å². The first-order chi connectivity index (χ1) is 7.74. The fourth-order valence-electron chi connectivity index (χ4n) is 1.34. The van der Waals surface area contributed by atoms with E-state index in [0.717, 1.165) is 25.7 Å². The molecule has 0 saturated heterocycles. The van der Waals surface area contributed by atoms with Gasteiger partial charge in [-0.3, -0.25) is 0 Å². The van der Waals surface area contributed by atoms with Crippen LogP contribution >= 0.6 is 15.9 Å². The summed E-state index contributed by atoms with van der Waals surface area (Å²) in [5, 5.41) is 8.59. The van der Waals surface area contributed by atoms with Crippen LogP contribution in [0.4, 0.5) is 4.39 Å². The Labute approximate surface area is 104 Å². The predicted molar refractivity (Wildman–Crippen MR) is 65.1 cm³/mol. The summed E-state index contributed by atoms with van der Waals surface area (Å²) in [6.45, 7) is 0.875. The van der Waals surface area contributed by atoms with Crippen LogP contribution in [0.25, 0.3) is 0 Å². The van der Waals surface area contributed by atoms with E-state index in [1.165, 1.54) is 12.1 Å². The van der Waals surface area contributed by atoms with Crippen LogP contribution < -0.4 is 4.74 Å². The van der Waals surface area contributed by atoms with Crippen molar-refractivity contribution in [2.24, 2.45) is 0 Å². The molecule has 0 saturated carbocycles. The molecule has 1 N–H and O–H groups in total. The standard InChI is InChI=1S/C12H16BrFO2/c13-11-9-10(14)5-6-12(11)16-8-4-2-1-3-7-15/h5-6,9,15H,1-4,7-8H2. The summed E-state index contributed by atoms with van der Waals surface area (Å²) in [6, 6.07) is 4.39. The minimum absolute atomic E-state index is 0.254. The molecule has 0 fully saturated rings. The van der Waals surface area contributed by atoms with Crippen LogP contribution in [0.1, 0.15) is 25.7 Å². The summed E-state index contributed by atoms with van der Waals surface area (Å²) in [5.41, 5.74) is 0. The highest BCUT2D eigenvalue weighted by molar-refractivity contribution is 9.10. The molecule has 1 aromatic rings. The van der Waals surface area contributed by atoms with E-state index < -0.39 is 0 Å². The molecular formula is C12H16BrFO2. The van der Waals surface area contributed by atoms with Gasteiger partial charge >= 0.3 is 0 Å². The van der Waals surface area contributed by atoms with Crippen LogP contribution in [0.3, 0.4) is 0 Å². The Balaban J connectivity index is 2.21. The summed E-state index contributed by atoms with van der Waals surface area (Å²) in [7, 11) is 0. The largest absolute Gasteiger partial charge is 0.492 e. The van der Waals surface area contributed by atoms with Crippen molar-refractivity contribution in [2.75, 3.05) is 13.2 Å².